The predicted molar refractivity (Wildman–Crippen MR) is 76.8 cm³/mol. The Morgan fingerprint density at radius 3 is 3.00 bits per heavy atom. The molecule has 0 aliphatic carbocycles. The molecule has 0 saturated carbocycles. The van der Waals surface area contributed by atoms with E-state index in [-0.39, 0.29) is 0 Å². The lowest BCUT2D eigenvalue weighted by Crippen LogP contribution is -2.36. The van der Waals surface area contributed by atoms with Crippen LogP contribution < -0.4 is 10.6 Å². The van der Waals surface area contributed by atoms with Gasteiger partial charge in [0.2, 0.25) is 0 Å². The number of aryl methyl sites for hydroxylation is 1. The van der Waals surface area contributed by atoms with Gasteiger partial charge in [-0.3, -0.25) is 4.68 Å². The molecular weight excluding hydrogens is 272 g/mol. The van der Waals surface area contributed by atoms with Crippen molar-refractivity contribution in [3.63, 3.8) is 0 Å². The number of thiocarbonyl (C=S) groups is 1. The number of nitrogens with zero attached hydrogens (tertiary/aromatic N) is 2. The lowest BCUT2D eigenvalue weighted by atomic mass is 10.4. The smallest absolute Gasteiger partial charge is 0.166 e. The number of methoxy groups -OCH3 is 1. The molecular formula is C11H19ClN4OS. The Morgan fingerprint density at radius 1 is 1.56 bits per heavy atom. The van der Waals surface area contributed by atoms with Gasteiger partial charge in [-0.1, -0.05) is 11.6 Å². The van der Waals surface area contributed by atoms with Crippen LogP contribution in [-0.4, -0.2) is 35.2 Å². The lowest BCUT2D eigenvalue weighted by Gasteiger charge is -2.11. The molecule has 0 unspecified atom stereocenters. The molecule has 1 aromatic rings. The zero-order valence-electron chi connectivity index (χ0n) is 10.7. The molecule has 2 N–H and O–H groups in total. The molecule has 0 radical (unpaired) electrons. The maximum absolute atomic E-state index is 6.05. The Morgan fingerprint density at radius 2 is 2.33 bits per heavy atom. The van der Waals surface area contributed by atoms with Gasteiger partial charge in [-0.2, -0.15) is 5.10 Å². The van der Waals surface area contributed by atoms with Gasteiger partial charge in [0.15, 0.2) is 5.11 Å². The molecule has 1 aromatic heterocycles. The van der Waals surface area contributed by atoms with E-state index < -0.39 is 0 Å². The molecule has 0 spiro atoms. The van der Waals surface area contributed by atoms with Crippen LogP contribution in [0.3, 0.4) is 0 Å². The van der Waals surface area contributed by atoms with Gasteiger partial charge in [0.25, 0.3) is 0 Å². The summed E-state index contributed by atoms with van der Waals surface area (Å²) in [4.78, 5) is 0. The quantitative estimate of drug-likeness (QED) is 0.590. The van der Waals surface area contributed by atoms with Crippen LogP contribution in [0.4, 0.5) is 0 Å². The summed E-state index contributed by atoms with van der Waals surface area (Å²) < 4.78 is 6.81. The number of rotatable bonds is 7. The van der Waals surface area contributed by atoms with Crippen molar-refractivity contribution in [1.29, 1.82) is 0 Å². The maximum Gasteiger partial charge on any atom is 0.166 e. The van der Waals surface area contributed by atoms with E-state index in [0.717, 1.165) is 31.8 Å². The summed E-state index contributed by atoms with van der Waals surface area (Å²) in [5, 5.41) is 11.7. The summed E-state index contributed by atoms with van der Waals surface area (Å²) in [6, 6.07) is 0. The highest BCUT2D eigenvalue weighted by atomic mass is 35.5. The summed E-state index contributed by atoms with van der Waals surface area (Å²) in [7, 11) is 1.68. The molecule has 0 amide bonds. The van der Waals surface area contributed by atoms with Crippen molar-refractivity contribution >= 4 is 28.9 Å². The predicted octanol–water partition coefficient (Wildman–Crippen LogP) is 1.56. The van der Waals surface area contributed by atoms with Crippen LogP contribution in [0.2, 0.25) is 5.02 Å². The minimum absolute atomic E-state index is 0.572. The monoisotopic (exact) mass is 290 g/mol. The average molecular weight is 291 g/mol. The van der Waals surface area contributed by atoms with E-state index in [2.05, 4.69) is 15.7 Å². The molecule has 7 heteroatoms. The summed E-state index contributed by atoms with van der Waals surface area (Å²) in [6.07, 6.45) is 2.57. The molecule has 0 atom stereocenters. The fourth-order valence-corrected chi connectivity index (χ4v) is 1.86. The van der Waals surface area contributed by atoms with Gasteiger partial charge in [-0.25, -0.2) is 0 Å². The zero-order valence-corrected chi connectivity index (χ0v) is 12.3. The Bertz CT molecular complexity index is 383. The van der Waals surface area contributed by atoms with E-state index in [1.807, 2.05) is 11.6 Å². The minimum Gasteiger partial charge on any atom is -0.385 e. The molecule has 0 fully saturated rings. The molecule has 102 valence electrons. The maximum atomic E-state index is 6.05. The molecule has 0 aliphatic rings. The van der Waals surface area contributed by atoms with Crippen molar-refractivity contribution in [2.75, 3.05) is 20.3 Å². The molecule has 0 bridgehead atoms. The number of hydrogen-bond donors (Lipinski definition) is 2. The van der Waals surface area contributed by atoms with E-state index in [0.29, 0.717) is 16.7 Å². The van der Waals surface area contributed by atoms with Gasteiger partial charge in [0, 0.05) is 26.8 Å². The second-order valence-corrected chi connectivity index (χ2v) is 4.53. The van der Waals surface area contributed by atoms with E-state index >= 15 is 0 Å². The van der Waals surface area contributed by atoms with E-state index in [1.54, 1.807) is 13.3 Å². The van der Waals surface area contributed by atoms with Crippen LogP contribution in [0.1, 0.15) is 19.0 Å². The number of hydrogen-bond acceptors (Lipinski definition) is 3. The third-order valence-corrected chi connectivity index (χ3v) is 3.03. The van der Waals surface area contributed by atoms with Crippen LogP contribution in [0, 0.1) is 0 Å². The SMILES string of the molecule is CCn1ncc(Cl)c1CNC(=S)NCCCOC. The van der Waals surface area contributed by atoms with Gasteiger partial charge >= 0.3 is 0 Å². The molecule has 18 heavy (non-hydrogen) atoms. The third kappa shape index (κ3) is 4.80. The highest BCUT2D eigenvalue weighted by Crippen LogP contribution is 2.14. The van der Waals surface area contributed by atoms with Crippen molar-refractivity contribution in [3.8, 4) is 0 Å². The molecule has 0 aliphatic heterocycles. The Balaban J connectivity index is 2.31. The number of aromatic nitrogens is 2. The zero-order chi connectivity index (χ0) is 13.4. The summed E-state index contributed by atoms with van der Waals surface area (Å²) in [5.74, 6) is 0. The molecule has 0 aromatic carbocycles. The van der Waals surface area contributed by atoms with E-state index in [9.17, 15) is 0 Å². The van der Waals surface area contributed by atoms with Crippen molar-refractivity contribution in [2.45, 2.75) is 26.4 Å². The third-order valence-electron chi connectivity index (χ3n) is 2.42. The first-order valence-corrected chi connectivity index (χ1v) is 6.68. The van der Waals surface area contributed by atoms with Crippen molar-refractivity contribution in [2.24, 2.45) is 0 Å². The van der Waals surface area contributed by atoms with Crippen molar-refractivity contribution < 1.29 is 4.74 Å². The fourth-order valence-electron chi connectivity index (χ4n) is 1.48. The topological polar surface area (TPSA) is 51.1 Å². The fraction of sp³-hybridized carbons (Fsp3) is 0.636. The van der Waals surface area contributed by atoms with Gasteiger partial charge in [-0.05, 0) is 25.6 Å². The van der Waals surface area contributed by atoms with Crippen molar-refractivity contribution in [1.82, 2.24) is 20.4 Å². The molecule has 1 heterocycles. The lowest BCUT2D eigenvalue weighted by molar-refractivity contribution is 0.195. The minimum atomic E-state index is 0.572. The highest BCUT2D eigenvalue weighted by Gasteiger charge is 2.07. The normalized spacial score (nSPS) is 10.4. The summed E-state index contributed by atoms with van der Waals surface area (Å²) in [6.45, 7) is 4.90. The van der Waals surface area contributed by atoms with Crippen LogP contribution in [0.15, 0.2) is 6.20 Å². The highest BCUT2D eigenvalue weighted by molar-refractivity contribution is 7.80. The van der Waals surface area contributed by atoms with Gasteiger partial charge < -0.3 is 15.4 Å². The second kappa shape index (κ2) is 8.29. The number of nitrogens with one attached hydrogen (secondary N) is 2. The number of halogens is 1. The number of ether oxygens (including phenoxy) is 1. The first-order valence-electron chi connectivity index (χ1n) is 5.89. The summed E-state index contributed by atoms with van der Waals surface area (Å²) >= 11 is 11.2. The molecule has 5 nitrogen and oxygen atoms in total. The Kier molecular flexibility index (Phi) is 7.00. The van der Waals surface area contributed by atoms with Gasteiger partial charge in [0.05, 0.1) is 23.5 Å². The Hall–Kier alpha value is -0.850. The standard InChI is InChI=1S/C11H19ClN4OS/c1-3-16-10(9(12)7-15-16)8-14-11(18)13-5-4-6-17-2/h7H,3-6,8H2,1-2H3,(H2,13,14,18). The first kappa shape index (κ1) is 15.2. The summed E-state index contributed by atoms with van der Waals surface area (Å²) in [5.41, 5.74) is 0.945. The van der Waals surface area contributed by atoms with Gasteiger partial charge in [-0.15, -0.1) is 0 Å². The van der Waals surface area contributed by atoms with Crippen LogP contribution in [0.25, 0.3) is 0 Å². The largest absolute Gasteiger partial charge is 0.385 e. The molecule has 0 saturated heterocycles. The van der Waals surface area contributed by atoms with E-state index in [1.165, 1.54) is 0 Å². The second-order valence-electron chi connectivity index (χ2n) is 3.71. The first-order chi connectivity index (χ1) is 8.69. The van der Waals surface area contributed by atoms with Crippen LogP contribution >= 0.6 is 23.8 Å². The average Bonchev–Trinajstić information content (AvgIpc) is 2.73. The molecule has 1 rings (SSSR count). The Labute approximate surface area is 118 Å². The van der Waals surface area contributed by atoms with Crippen LogP contribution in [0.5, 0.6) is 0 Å². The van der Waals surface area contributed by atoms with E-state index in [4.69, 9.17) is 28.6 Å². The van der Waals surface area contributed by atoms with Gasteiger partial charge in [0.1, 0.15) is 0 Å². The van der Waals surface area contributed by atoms with Crippen molar-refractivity contribution in [3.05, 3.63) is 16.9 Å². The van der Waals surface area contributed by atoms with Crippen LogP contribution in [-0.2, 0) is 17.8 Å².